The highest BCUT2D eigenvalue weighted by Crippen LogP contribution is 2.29. The van der Waals surface area contributed by atoms with Crippen LogP contribution in [-0.4, -0.2) is 5.91 Å². The highest BCUT2D eigenvalue weighted by molar-refractivity contribution is 5.93. The summed E-state index contributed by atoms with van der Waals surface area (Å²) >= 11 is 0. The Morgan fingerprint density at radius 2 is 2.00 bits per heavy atom. The number of hydrogen-bond acceptors (Lipinski definition) is 1. The second-order valence-electron chi connectivity index (χ2n) is 5.37. The molecule has 1 aliphatic rings. The molecule has 0 bridgehead atoms. The molecular formula is C16H23NO. The third-order valence-electron chi connectivity index (χ3n) is 4.09. The molecule has 0 heterocycles. The van der Waals surface area contributed by atoms with Gasteiger partial charge in [0, 0.05) is 11.6 Å². The maximum atomic E-state index is 12.2. The van der Waals surface area contributed by atoms with Crippen molar-refractivity contribution in [3.63, 3.8) is 0 Å². The number of carbonyl (C=O) groups excluding carboxylic acids is 1. The van der Waals surface area contributed by atoms with Gasteiger partial charge in [0.1, 0.15) is 0 Å². The smallest absolute Gasteiger partial charge is 0.227 e. The Hall–Kier alpha value is -1.31. The van der Waals surface area contributed by atoms with E-state index in [2.05, 4.69) is 25.2 Å². The molecule has 2 nitrogen and oxygen atoms in total. The lowest BCUT2D eigenvalue weighted by Crippen LogP contribution is -2.21. The van der Waals surface area contributed by atoms with Crippen molar-refractivity contribution in [2.45, 2.75) is 51.9 Å². The van der Waals surface area contributed by atoms with Crippen LogP contribution in [0.3, 0.4) is 0 Å². The van der Waals surface area contributed by atoms with Crippen molar-refractivity contribution in [1.29, 1.82) is 0 Å². The van der Waals surface area contributed by atoms with Crippen LogP contribution in [0, 0.1) is 5.92 Å². The fourth-order valence-electron chi connectivity index (χ4n) is 2.68. The molecule has 0 aliphatic heterocycles. The molecule has 1 fully saturated rings. The second kappa shape index (κ2) is 6.03. The summed E-state index contributed by atoms with van der Waals surface area (Å²) in [5.74, 6) is 0.934. The first kappa shape index (κ1) is 13.1. The number of benzene rings is 1. The predicted octanol–water partition coefficient (Wildman–Crippen LogP) is 4.33. The molecule has 0 spiro atoms. The predicted molar refractivity (Wildman–Crippen MR) is 75.7 cm³/mol. The molecule has 1 N–H and O–H groups in total. The Bertz CT molecular complexity index is 407. The van der Waals surface area contributed by atoms with Crippen molar-refractivity contribution in [2.75, 3.05) is 5.32 Å². The summed E-state index contributed by atoms with van der Waals surface area (Å²) < 4.78 is 0. The number of carbonyl (C=O) groups is 1. The minimum atomic E-state index is 0.211. The number of anilines is 1. The van der Waals surface area contributed by atoms with E-state index in [1.54, 1.807) is 0 Å². The number of hydrogen-bond donors (Lipinski definition) is 1. The van der Waals surface area contributed by atoms with E-state index in [0.29, 0.717) is 5.92 Å². The molecule has 18 heavy (non-hydrogen) atoms. The lowest BCUT2D eigenvalue weighted by Gasteiger charge is -2.17. The molecule has 98 valence electrons. The quantitative estimate of drug-likeness (QED) is 0.840. The number of rotatable bonds is 4. The van der Waals surface area contributed by atoms with Crippen LogP contribution in [0.1, 0.15) is 57.4 Å². The molecule has 1 amide bonds. The highest BCUT2D eigenvalue weighted by atomic mass is 16.1. The van der Waals surface area contributed by atoms with Crippen molar-refractivity contribution < 1.29 is 4.79 Å². The fourth-order valence-corrected chi connectivity index (χ4v) is 2.68. The van der Waals surface area contributed by atoms with Crippen LogP contribution in [0.5, 0.6) is 0 Å². The first-order chi connectivity index (χ1) is 8.72. The SMILES string of the molecule is CC[C@H](C)c1ccccc1NC(=O)C1CCCC1. The third kappa shape index (κ3) is 2.92. The van der Waals surface area contributed by atoms with Crippen LogP contribution in [0.2, 0.25) is 0 Å². The van der Waals surface area contributed by atoms with Gasteiger partial charge < -0.3 is 5.32 Å². The van der Waals surface area contributed by atoms with E-state index in [4.69, 9.17) is 0 Å². The molecule has 1 aromatic carbocycles. The minimum absolute atomic E-state index is 0.211. The van der Waals surface area contributed by atoms with E-state index >= 15 is 0 Å². The summed E-state index contributed by atoms with van der Waals surface area (Å²) in [7, 11) is 0. The van der Waals surface area contributed by atoms with Gasteiger partial charge in [-0.1, -0.05) is 44.9 Å². The molecule has 0 aromatic heterocycles. The van der Waals surface area contributed by atoms with Gasteiger partial charge in [-0.25, -0.2) is 0 Å². The van der Waals surface area contributed by atoms with Gasteiger partial charge in [-0.2, -0.15) is 0 Å². The maximum absolute atomic E-state index is 12.2. The van der Waals surface area contributed by atoms with Crippen LogP contribution < -0.4 is 5.32 Å². The van der Waals surface area contributed by atoms with Crippen molar-refractivity contribution >= 4 is 11.6 Å². The third-order valence-corrected chi connectivity index (χ3v) is 4.09. The van der Waals surface area contributed by atoms with E-state index in [1.165, 1.54) is 18.4 Å². The number of nitrogens with one attached hydrogen (secondary N) is 1. The fraction of sp³-hybridized carbons (Fsp3) is 0.562. The van der Waals surface area contributed by atoms with E-state index in [-0.39, 0.29) is 11.8 Å². The average molecular weight is 245 g/mol. The maximum Gasteiger partial charge on any atom is 0.227 e. The Morgan fingerprint density at radius 3 is 2.67 bits per heavy atom. The molecule has 2 rings (SSSR count). The lowest BCUT2D eigenvalue weighted by atomic mass is 9.96. The van der Waals surface area contributed by atoms with E-state index in [9.17, 15) is 4.79 Å². The van der Waals surface area contributed by atoms with Crippen LogP contribution >= 0.6 is 0 Å². The van der Waals surface area contributed by atoms with E-state index in [0.717, 1.165) is 24.9 Å². The molecule has 2 heteroatoms. The van der Waals surface area contributed by atoms with Crippen LogP contribution in [0.4, 0.5) is 5.69 Å². The molecule has 1 atom stereocenters. The van der Waals surface area contributed by atoms with Crippen LogP contribution in [-0.2, 0) is 4.79 Å². The zero-order valence-electron chi connectivity index (χ0n) is 11.4. The van der Waals surface area contributed by atoms with Gasteiger partial charge in [-0.3, -0.25) is 4.79 Å². The zero-order valence-corrected chi connectivity index (χ0v) is 11.4. The summed E-state index contributed by atoms with van der Waals surface area (Å²) in [5, 5.41) is 3.13. The van der Waals surface area contributed by atoms with Gasteiger partial charge in [-0.15, -0.1) is 0 Å². The first-order valence-corrected chi connectivity index (χ1v) is 7.12. The Morgan fingerprint density at radius 1 is 1.33 bits per heavy atom. The summed E-state index contributed by atoms with van der Waals surface area (Å²) in [6.07, 6.45) is 5.60. The average Bonchev–Trinajstić information content (AvgIpc) is 2.92. The van der Waals surface area contributed by atoms with Gasteiger partial charge in [0.2, 0.25) is 5.91 Å². The van der Waals surface area contributed by atoms with Crippen LogP contribution in [0.25, 0.3) is 0 Å². The molecule has 1 saturated carbocycles. The highest BCUT2D eigenvalue weighted by Gasteiger charge is 2.23. The van der Waals surface area contributed by atoms with Gasteiger partial charge in [-0.05, 0) is 36.8 Å². The van der Waals surface area contributed by atoms with Crippen LogP contribution in [0.15, 0.2) is 24.3 Å². The molecule has 0 unspecified atom stereocenters. The Balaban J connectivity index is 2.10. The van der Waals surface area contributed by atoms with Crippen molar-refractivity contribution in [2.24, 2.45) is 5.92 Å². The van der Waals surface area contributed by atoms with E-state index in [1.807, 2.05) is 18.2 Å². The standard InChI is InChI=1S/C16H23NO/c1-3-12(2)14-10-6-7-11-15(14)17-16(18)13-8-4-5-9-13/h6-7,10-13H,3-5,8-9H2,1-2H3,(H,17,18)/t12-/m0/s1. The monoisotopic (exact) mass is 245 g/mol. The lowest BCUT2D eigenvalue weighted by molar-refractivity contribution is -0.119. The molecule has 1 aromatic rings. The Labute approximate surface area is 110 Å². The van der Waals surface area contributed by atoms with Gasteiger partial charge in [0.25, 0.3) is 0 Å². The summed E-state index contributed by atoms with van der Waals surface area (Å²) in [6.45, 7) is 4.39. The van der Waals surface area contributed by atoms with Gasteiger partial charge in [0.15, 0.2) is 0 Å². The molecule has 1 aliphatic carbocycles. The van der Waals surface area contributed by atoms with Crippen molar-refractivity contribution in [3.8, 4) is 0 Å². The summed E-state index contributed by atoms with van der Waals surface area (Å²) in [5.41, 5.74) is 2.26. The number of para-hydroxylation sites is 1. The van der Waals surface area contributed by atoms with Gasteiger partial charge in [0.05, 0.1) is 0 Å². The molecule has 0 saturated heterocycles. The largest absolute Gasteiger partial charge is 0.326 e. The second-order valence-corrected chi connectivity index (χ2v) is 5.37. The molecule has 0 radical (unpaired) electrons. The summed E-state index contributed by atoms with van der Waals surface area (Å²) in [6, 6.07) is 8.19. The van der Waals surface area contributed by atoms with E-state index < -0.39 is 0 Å². The topological polar surface area (TPSA) is 29.1 Å². The van der Waals surface area contributed by atoms with Gasteiger partial charge >= 0.3 is 0 Å². The normalized spacial score (nSPS) is 17.7. The van der Waals surface area contributed by atoms with Crippen molar-refractivity contribution in [3.05, 3.63) is 29.8 Å². The van der Waals surface area contributed by atoms with Crippen molar-refractivity contribution in [1.82, 2.24) is 0 Å². The zero-order chi connectivity index (χ0) is 13.0. The minimum Gasteiger partial charge on any atom is -0.326 e. The summed E-state index contributed by atoms with van der Waals surface area (Å²) in [4.78, 5) is 12.2. The molecular weight excluding hydrogens is 222 g/mol. The Kier molecular flexibility index (Phi) is 4.40. The number of amides is 1. The first-order valence-electron chi connectivity index (χ1n) is 7.12.